The first-order chi connectivity index (χ1) is 3.00. The Hall–Kier alpha value is -0.570. The molecule has 0 bridgehead atoms. The highest BCUT2D eigenvalue weighted by molar-refractivity contribution is 7.59. The summed E-state index contributed by atoms with van der Waals surface area (Å²) in [6, 6.07) is 5.72. The Morgan fingerprint density at radius 1 is 0.875 bits per heavy atom. The summed E-state index contributed by atoms with van der Waals surface area (Å²) in [6.07, 6.45) is 3.50. The number of aromatic nitrogens is 1. The summed E-state index contributed by atoms with van der Waals surface area (Å²) < 4.78 is 0. The lowest BCUT2D eigenvalue weighted by molar-refractivity contribution is 1.11. The smallest absolute Gasteiger partial charge is 0.0267 e. The van der Waals surface area contributed by atoms with Gasteiger partial charge in [-0.1, -0.05) is 6.07 Å². The summed E-state index contributed by atoms with van der Waals surface area (Å²) in [5.74, 6) is 0. The predicted molar refractivity (Wildman–Crippen MR) is 37.1 cm³/mol. The average molecular weight is 133 g/mol. The third-order valence-electron chi connectivity index (χ3n) is 0.566. The molecule has 0 aliphatic carbocycles. The van der Waals surface area contributed by atoms with Crippen molar-refractivity contribution in [3.05, 3.63) is 30.6 Å². The van der Waals surface area contributed by atoms with Crippen LogP contribution in [0.25, 0.3) is 0 Å². The van der Waals surface area contributed by atoms with Crippen LogP contribution >= 0.6 is 13.5 Å². The van der Waals surface area contributed by atoms with Gasteiger partial charge in [-0.25, -0.2) is 0 Å². The van der Waals surface area contributed by atoms with Crippen molar-refractivity contribution >= 4 is 13.5 Å². The van der Waals surface area contributed by atoms with E-state index in [4.69, 9.17) is 0 Å². The largest absolute Gasteiger partial charge is 0.269 e. The third kappa shape index (κ3) is 3.61. The van der Waals surface area contributed by atoms with Crippen molar-refractivity contribution in [2.24, 2.45) is 0 Å². The Balaban J connectivity index is 0. The van der Waals surface area contributed by atoms with Crippen molar-refractivity contribution in [1.82, 2.24) is 4.98 Å². The van der Waals surface area contributed by atoms with Gasteiger partial charge in [-0.05, 0) is 12.1 Å². The molecule has 0 radical (unpaired) electrons. The minimum absolute atomic E-state index is 0. The summed E-state index contributed by atoms with van der Waals surface area (Å²) in [4.78, 5) is 3.78. The van der Waals surface area contributed by atoms with Gasteiger partial charge in [-0.15, -0.1) is 0 Å². The average Bonchev–Trinajstić information content (AvgIpc) is 1.72. The molecule has 1 heterocycles. The van der Waals surface area contributed by atoms with Crippen molar-refractivity contribution in [2.45, 2.75) is 0 Å². The first-order valence-corrected chi connectivity index (χ1v) is 1.85. The van der Waals surface area contributed by atoms with E-state index in [2.05, 4.69) is 4.98 Å². The standard InChI is InChI=1S/C5H5N.FH.H2S/c1-2-4-6-5-3-1;;/h1-5H;1H;1H2. The van der Waals surface area contributed by atoms with E-state index < -0.39 is 0 Å². The van der Waals surface area contributed by atoms with Gasteiger partial charge in [-0.3, -0.25) is 9.69 Å². The molecule has 3 heteroatoms. The molecule has 46 valence electrons. The van der Waals surface area contributed by atoms with Gasteiger partial charge >= 0.3 is 0 Å². The van der Waals surface area contributed by atoms with Crippen LogP contribution in [0, 0.1) is 0 Å². The summed E-state index contributed by atoms with van der Waals surface area (Å²) in [5, 5.41) is 0. The van der Waals surface area contributed by atoms with Gasteiger partial charge in [0.05, 0.1) is 0 Å². The second-order valence-electron chi connectivity index (χ2n) is 1.02. The molecule has 1 aromatic rings. The van der Waals surface area contributed by atoms with Gasteiger partial charge in [0, 0.05) is 12.4 Å². The highest BCUT2D eigenvalue weighted by Crippen LogP contribution is 1.73. The second kappa shape index (κ2) is 6.43. The summed E-state index contributed by atoms with van der Waals surface area (Å²) in [6.45, 7) is 0. The quantitative estimate of drug-likeness (QED) is 0.520. The first-order valence-electron chi connectivity index (χ1n) is 1.85. The van der Waals surface area contributed by atoms with Crippen molar-refractivity contribution in [2.75, 3.05) is 0 Å². The number of hydrogen-bond acceptors (Lipinski definition) is 1. The number of halogens is 1. The normalized spacial score (nSPS) is 6.00. The van der Waals surface area contributed by atoms with Crippen LogP contribution in [0.15, 0.2) is 30.6 Å². The van der Waals surface area contributed by atoms with Crippen LogP contribution in [0.1, 0.15) is 0 Å². The van der Waals surface area contributed by atoms with Gasteiger partial charge in [-0.2, -0.15) is 13.5 Å². The van der Waals surface area contributed by atoms with Crippen LogP contribution in [0.3, 0.4) is 0 Å². The van der Waals surface area contributed by atoms with E-state index in [0.29, 0.717) is 0 Å². The molecule has 0 amide bonds. The topological polar surface area (TPSA) is 12.9 Å². The fourth-order valence-electron chi connectivity index (χ4n) is 0.313. The molecule has 0 atom stereocenters. The van der Waals surface area contributed by atoms with E-state index >= 15 is 0 Å². The van der Waals surface area contributed by atoms with Gasteiger partial charge in [0.25, 0.3) is 0 Å². The van der Waals surface area contributed by atoms with E-state index in [1.165, 1.54) is 0 Å². The molecule has 0 saturated heterocycles. The zero-order valence-electron chi connectivity index (χ0n) is 4.24. The first kappa shape index (κ1) is 10.4. The predicted octanol–water partition coefficient (Wildman–Crippen LogP) is 1.35. The molecule has 1 aromatic heterocycles. The van der Waals surface area contributed by atoms with Crippen LogP contribution in [-0.4, -0.2) is 4.98 Å². The fraction of sp³-hybridized carbons (Fsp3) is 0. The minimum atomic E-state index is 0. The van der Waals surface area contributed by atoms with Crippen molar-refractivity contribution in [3.63, 3.8) is 0 Å². The molecule has 0 aromatic carbocycles. The number of pyridine rings is 1. The zero-order chi connectivity index (χ0) is 4.24. The van der Waals surface area contributed by atoms with Crippen molar-refractivity contribution in [3.8, 4) is 0 Å². The molecule has 1 rings (SSSR count). The molecule has 0 N–H and O–H groups in total. The van der Waals surface area contributed by atoms with E-state index in [0.717, 1.165) is 0 Å². The van der Waals surface area contributed by atoms with E-state index in [1.807, 2.05) is 18.2 Å². The molecule has 8 heavy (non-hydrogen) atoms. The maximum atomic E-state index is 3.78. The second-order valence-corrected chi connectivity index (χ2v) is 1.02. The number of rotatable bonds is 0. The Bertz CT molecular complexity index is 84.4. The van der Waals surface area contributed by atoms with Crippen LogP contribution < -0.4 is 0 Å². The number of nitrogens with zero attached hydrogens (tertiary/aromatic N) is 1. The van der Waals surface area contributed by atoms with E-state index in [1.54, 1.807) is 12.4 Å². The molecule has 1 nitrogen and oxygen atoms in total. The third-order valence-corrected chi connectivity index (χ3v) is 0.566. The molecule has 0 spiro atoms. The van der Waals surface area contributed by atoms with Crippen molar-refractivity contribution in [1.29, 1.82) is 0 Å². The van der Waals surface area contributed by atoms with Crippen LogP contribution in [-0.2, 0) is 0 Å². The van der Waals surface area contributed by atoms with Crippen LogP contribution in [0.4, 0.5) is 4.70 Å². The SMILES string of the molecule is F.S.c1ccncc1. The Morgan fingerprint density at radius 3 is 1.50 bits per heavy atom. The highest BCUT2D eigenvalue weighted by Gasteiger charge is 1.58. The molecule has 0 unspecified atom stereocenters. The molecular weight excluding hydrogens is 125 g/mol. The molecule has 0 saturated carbocycles. The maximum Gasteiger partial charge on any atom is 0.0267 e. The Morgan fingerprint density at radius 2 is 1.38 bits per heavy atom. The maximum absolute atomic E-state index is 3.78. The Labute approximate surface area is 54.6 Å². The van der Waals surface area contributed by atoms with Gasteiger partial charge < -0.3 is 0 Å². The fourth-order valence-corrected chi connectivity index (χ4v) is 0.313. The van der Waals surface area contributed by atoms with Crippen LogP contribution in [0.2, 0.25) is 0 Å². The molecule has 0 fully saturated rings. The Kier molecular flexibility index (Phi) is 8.37. The summed E-state index contributed by atoms with van der Waals surface area (Å²) in [7, 11) is 0. The minimum Gasteiger partial charge on any atom is -0.269 e. The lowest BCUT2D eigenvalue weighted by atomic mass is 10.5. The van der Waals surface area contributed by atoms with Crippen molar-refractivity contribution < 1.29 is 4.70 Å². The molecule has 0 aliphatic rings. The van der Waals surface area contributed by atoms with E-state index in [9.17, 15) is 0 Å². The lowest BCUT2D eigenvalue weighted by Gasteiger charge is -1.70. The molecular formula is C5H8FNS. The molecule has 0 aliphatic heterocycles. The number of hydrogen-bond donors (Lipinski definition) is 0. The zero-order valence-corrected chi connectivity index (χ0v) is 5.24. The highest BCUT2D eigenvalue weighted by atomic mass is 32.1. The van der Waals surface area contributed by atoms with E-state index in [-0.39, 0.29) is 18.2 Å². The monoisotopic (exact) mass is 133 g/mol. The summed E-state index contributed by atoms with van der Waals surface area (Å²) in [5.41, 5.74) is 0. The van der Waals surface area contributed by atoms with Gasteiger partial charge in [0.1, 0.15) is 0 Å². The summed E-state index contributed by atoms with van der Waals surface area (Å²) >= 11 is 0. The van der Waals surface area contributed by atoms with Crippen LogP contribution in [0.5, 0.6) is 0 Å². The van der Waals surface area contributed by atoms with Gasteiger partial charge in [0.15, 0.2) is 0 Å². The van der Waals surface area contributed by atoms with Gasteiger partial charge in [0.2, 0.25) is 0 Å². The lowest BCUT2D eigenvalue weighted by Crippen LogP contribution is -1.58.